The maximum Gasteiger partial charge on any atom is 0.407 e. The molecule has 2 rings (SSSR count). The molecule has 1 saturated heterocycles. The Bertz CT molecular complexity index is 470. The zero-order valence-corrected chi connectivity index (χ0v) is 11.3. The first-order valence-electron chi connectivity index (χ1n) is 5.59. The van der Waals surface area contributed by atoms with E-state index < -0.39 is 6.09 Å². The van der Waals surface area contributed by atoms with E-state index >= 15 is 0 Å². The number of rotatable bonds is 2. The van der Waals surface area contributed by atoms with Gasteiger partial charge < -0.3 is 14.9 Å². The van der Waals surface area contributed by atoms with Crippen LogP contribution in [0.15, 0.2) is 22.7 Å². The Kier molecular flexibility index (Phi) is 3.86. The minimum Gasteiger partial charge on any atom is -0.465 e. The van der Waals surface area contributed by atoms with Crippen molar-refractivity contribution in [2.75, 3.05) is 31.1 Å². The van der Waals surface area contributed by atoms with Crippen molar-refractivity contribution in [3.8, 4) is 0 Å². The normalized spacial score (nSPS) is 15.6. The van der Waals surface area contributed by atoms with Crippen LogP contribution in [0.2, 0.25) is 0 Å². The Morgan fingerprint density at radius 1 is 1.28 bits per heavy atom. The highest BCUT2D eigenvalue weighted by molar-refractivity contribution is 9.10. The summed E-state index contributed by atoms with van der Waals surface area (Å²) in [7, 11) is 0. The summed E-state index contributed by atoms with van der Waals surface area (Å²) in [6.07, 6.45) is -0.0679. The Morgan fingerprint density at radius 3 is 2.44 bits per heavy atom. The second-order valence-electron chi connectivity index (χ2n) is 4.09. The summed E-state index contributed by atoms with van der Waals surface area (Å²) < 4.78 is 0.857. The summed E-state index contributed by atoms with van der Waals surface area (Å²) in [6, 6.07) is 5.41. The van der Waals surface area contributed by atoms with Crippen molar-refractivity contribution in [2.24, 2.45) is 0 Å². The lowest BCUT2D eigenvalue weighted by molar-refractivity contribution is 0.112. The summed E-state index contributed by atoms with van der Waals surface area (Å²) >= 11 is 3.44. The van der Waals surface area contributed by atoms with Crippen LogP contribution in [0.3, 0.4) is 0 Å². The molecule has 1 aliphatic heterocycles. The zero-order chi connectivity index (χ0) is 13.1. The van der Waals surface area contributed by atoms with Crippen LogP contribution in [-0.2, 0) is 0 Å². The molecule has 1 fully saturated rings. The molecule has 18 heavy (non-hydrogen) atoms. The first kappa shape index (κ1) is 12.9. The Hall–Kier alpha value is -1.56. The van der Waals surface area contributed by atoms with Gasteiger partial charge in [0.1, 0.15) is 6.29 Å². The smallest absolute Gasteiger partial charge is 0.407 e. The van der Waals surface area contributed by atoms with E-state index in [-0.39, 0.29) is 0 Å². The van der Waals surface area contributed by atoms with E-state index in [4.69, 9.17) is 5.11 Å². The lowest BCUT2D eigenvalue weighted by Crippen LogP contribution is -2.48. The van der Waals surface area contributed by atoms with Gasteiger partial charge in [-0.25, -0.2) is 4.79 Å². The van der Waals surface area contributed by atoms with Gasteiger partial charge in [0.2, 0.25) is 0 Å². The van der Waals surface area contributed by atoms with Gasteiger partial charge in [-0.15, -0.1) is 0 Å². The highest BCUT2D eigenvalue weighted by atomic mass is 79.9. The molecule has 1 aromatic rings. The van der Waals surface area contributed by atoms with E-state index in [0.29, 0.717) is 31.7 Å². The van der Waals surface area contributed by atoms with Gasteiger partial charge in [0, 0.05) is 36.2 Å². The Morgan fingerprint density at radius 2 is 1.94 bits per heavy atom. The van der Waals surface area contributed by atoms with Crippen LogP contribution in [-0.4, -0.2) is 48.6 Å². The lowest BCUT2D eigenvalue weighted by atomic mass is 10.2. The van der Waals surface area contributed by atoms with Crippen LogP contribution < -0.4 is 4.90 Å². The van der Waals surface area contributed by atoms with Crippen LogP contribution in [0, 0.1) is 0 Å². The van der Waals surface area contributed by atoms with Crippen LogP contribution in [0.25, 0.3) is 0 Å². The second-order valence-corrected chi connectivity index (χ2v) is 4.94. The van der Waals surface area contributed by atoms with Gasteiger partial charge in [-0.3, -0.25) is 4.79 Å². The zero-order valence-electron chi connectivity index (χ0n) is 9.67. The van der Waals surface area contributed by atoms with Crippen LogP contribution in [0.1, 0.15) is 10.4 Å². The van der Waals surface area contributed by atoms with Crippen molar-refractivity contribution >= 4 is 34.0 Å². The maximum absolute atomic E-state index is 10.8. The van der Waals surface area contributed by atoms with Gasteiger partial charge in [0.15, 0.2) is 0 Å². The number of anilines is 1. The van der Waals surface area contributed by atoms with Crippen LogP contribution in [0.5, 0.6) is 0 Å². The first-order chi connectivity index (χ1) is 8.61. The topological polar surface area (TPSA) is 60.9 Å². The maximum atomic E-state index is 10.8. The van der Waals surface area contributed by atoms with Crippen molar-refractivity contribution in [3.63, 3.8) is 0 Å². The molecule has 0 aliphatic carbocycles. The molecule has 1 N–H and O–H groups in total. The number of piperazine rings is 1. The first-order valence-corrected chi connectivity index (χ1v) is 6.38. The summed E-state index contributed by atoms with van der Waals surface area (Å²) in [6.45, 7) is 2.31. The van der Waals surface area contributed by atoms with E-state index in [1.807, 2.05) is 6.07 Å². The van der Waals surface area contributed by atoms with Gasteiger partial charge in [0.05, 0.1) is 5.69 Å². The molecule has 0 atom stereocenters. The molecular weight excluding hydrogens is 300 g/mol. The third kappa shape index (κ3) is 2.64. The molecule has 1 aliphatic rings. The third-order valence-corrected chi connectivity index (χ3v) is 3.63. The van der Waals surface area contributed by atoms with E-state index in [1.165, 1.54) is 4.90 Å². The third-order valence-electron chi connectivity index (χ3n) is 3.00. The molecule has 1 heterocycles. The monoisotopic (exact) mass is 312 g/mol. The molecule has 0 saturated carbocycles. The van der Waals surface area contributed by atoms with Gasteiger partial charge in [-0.1, -0.05) is 0 Å². The molecule has 0 radical (unpaired) electrons. The van der Waals surface area contributed by atoms with E-state index in [1.54, 1.807) is 12.1 Å². The predicted molar refractivity (Wildman–Crippen MR) is 71.3 cm³/mol. The molecule has 1 aromatic carbocycles. The Labute approximate surface area is 113 Å². The summed E-state index contributed by atoms with van der Waals surface area (Å²) in [4.78, 5) is 25.0. The standard InChI is InChI=1S/C12H13BrN2O3/c13-10-7-9(8-16)1-2-11(10)14-3-5-15(6-4-14)12(17)18/h1-2,7-8H,3-6H2,(H,17,18). The number of carbonyl (C=O) groups is 2. The largest absolute Gasteiger partial charge is 0.465 e. The highest BCUT2D eigenvalue weighted by Gasteiger charge is 2.21. The molecule has 6 heteroatoms. The molecule has 1 amide bonds. The van der Waals surface area contributed by atoms with E-state index in [2.05, 4.69) is 20.8 Å². The quantitative estimate of drug-likeness (QED) is 0.849. The molecular formula is C12H13BrN2O3. The van der Waals surface area contributed by atoms with E-state index in [0.717, 1.165) is 16.4 Å². The molecule has 0 spiro atoms. The van der Waals surface area contributed by atoms with Gasteiger partial charge in [-0.2, -0.15) is 0 Å². The number of aldehydes is 1. The Balaban J connectivity index is 2.10. The number of nitrogens with zero attached hydrogens (tertiary/aromatic N) is 2. The summed E-state index contributed by atoms with van der Waals surface area (Å²) in [5.74, 6) is 0. The fourth-order valence-corrected chi connectivity index (χ4v) is 2.64. The van der Waals surface area contributed by atoms with Crippen molar-refractivity contribution in [3.05, 3.63) is 28.2 Å². The summed E-state index contributed by atoms with van der Waals surface area (Å²) in [5, 5.41) is 8.88. The molecule has 0 aromatic heterocycles. The summed E-state index contributed by atoms with van der Waals surface area (Å²) in [5.41, 5.74) is 1.61. The highest BCUT2D eigenvalue weighted by Crippen LogP contribution is 2.27. The van der Waals surface area contributed by atoms with E-state index in [9.17, 15) is 9.59 Å². The van der Waals surface area contributed by atoms with Crippen molar-refractivity contribution in [1.29, 1.82) is 0 Å². The molecule has 96 valence electrons. The number of benzene rings is 1. The minimum atomic E-state index is -0.870. The fraction of sp³-hybridized carbons (Fsp3) is 0.333. The van der Waals surface area contributed by atoms with Gasteiger partial charge in [-0.05, 0) is 34.1 Å². The molecule has 5 nitrogen and oxygen atoms in total. The molecule has 0 bridgehead atoms. The average molecular weight is 313 g/mol. The van der Waals surface area contributed by atoms with Gasteiger partial charge in [0.25, 0.3) is 0 Å². The molecule has 0 unspecified atom stereocenters. The number of hydrogen-bond donors (Lipinski definition) is 1. The van der Waals surface area contributed by atoms with Crippen LogP contribution >= 0.6 is 15.9 Å². The van der Waals surface area contributed by atoms with Crippen molar-refractivity contribution in [2.45, 2.75) is 0 Å². The SMILES string of the molecule is O=Cc1ccc(N2CCN(C(=O)O)CC2)c(Br)c1. The second kappa shape index (κ2) is 5.39. The lowest BCUT2D eigenvalue weighted by Gasteiger charge is -2.35. The van der Waals surface area contributed by atoms with Crippen LogP contribution in [0.4, 0.5) is 10.5 Å². The number of carbonyl (C=O) groups excluding carboxylic acids is 1. The van der Waals surface area contributed by atoms with Gasteiger partial charge >= 0.3 is 6.09 Å². The predicted octanol–water partition coefficient (Wildman–Crippen LogP) is 2.06. The minimum absolute atomic E-state index is 0.497. The number of halogens is 1. The van der Waals surface area contributed by atoms with Crippen molar-refractivity contribution in [1.82, 2.24) is 4.90 Å². The fourth-order valence-electron chi connectivity index (χ4n) is 1.99. The number of hydrogen-bond acceptors (Lipinski definition) is 3. The number of amides is 1. The van der Waals surface area contributed by atoms with Crippen molar-refractivity contribution < 1.29 is 14.7 Å². The average Bonchev–Trinajstić information content (AvgIpc) is 2.38. The number of carboxylic acid groups (broad SMARTS) is 1.